The maximum atomic E-state index is 15.0. The summed E-state index contributed by atoms with van der Waals surface area (Å²) < 4.78 is 308. The van der Waals surface area contributed by atoms with Crippen molar-refractivity contribution >= 4 is 0 Å². The van der Waals surface area contributed by atoms with Gasteiger partial charge >= 0.3 is 53.3 Å². The van der Waals surface area contributed by atoms with Crippen molar-refractivity contribution in [2.24, 2.45) is 0 Å². The van der Waals surface area contributed by atoms with Crippen LogP contribution in [-0.2, 0) is 0 Å². The van der Waals surface area contributed by atoms with E-state index in [9.17, 15) is 87.8 Å². The average Bonchev–Trinajstić information content (AvgIpc) is 2.75. The van der Waals surface area contributed by atoms with Gasteiger partial charge in [0.15, 0.2) is 0 Å². The molecule has 0 saturated heterocycles. The van der Waals surface area contributed by atoms with Gasteiger partial charge in [0.25, 0.3) is 22.7 Å². The van der Waals surface area contributed by atoms with Gasteiger partial charge in [0, 0.05) is 0 Å². The molecule has 3 rings (SSSR count). The number of fused-ring (bicyclic) bond motifs is 3. The zero-order valence-corrected chi connectivity index (χ0v) is 14.8. The summed E-state index contributed by atoms with van der Waals surface area (Å²) in [5, 5.41) is 0. The van der Waals surface area contributed by atoms with Gasteiger partial charge in [-0.1, -0.05) is 0 Å². The van der Waals surface area contributed by atoms with Crippen LogP contribution in [0.3, 0.4) is 0 Å². The fourth-order valence-electron chi connectivity index (χ4n) is 4.49. The summed E-state index contributed by atoms with van der Waals surface area (Å²) in [7, 11) is 0. The molecule has 0 N–H and O–H groups in total. The molecule has 3 aliphatic rings. The van der Waals surface area contributed by atoms with E-state index in [0.717, 1.165) is 0 Å². The molecule has 3 saturated carbocycles. The molecule has 0 aromatic carbocycles. The lowest BCUT2D eigenvalue weighted by Crippen LogP contribution is -2.92. The Morgan fingerprint density at radius 3 is 0.457 bits per heavy atom. The Kier molecular flexibility index (Phi) is 4.40. The molecule has 0 aromatic rings. The van der Waals surface area contributed by atoms with Gasteiger partial charge < -0.3 is 0 Å². The quantitative estimate of drug-likeness (QED) is 0.287. The number of alkyl halides is 22. The first kappa shape index (κ1) is 28.0. The van der Waals surface area contributed by atoms with Gasteiger partial charge in [-0.15, -0.1) is 0 Å². The van der Waals surface area contributed by atoms with Crippen LogP contribution in [0.25, 0.3) is 0 Å². The van der Waals surface area contributed by atoms with E-state index in [2.05, 4.69) is 0 Å². The van der Waals surface area contributed by atoms with E-state index in [1.54, 1.807) is 0 Å². The van der Waals surface area contributed by atoms with E-state index in [1.807, 2.05) is 0 Å². The van der Waals surface area contributed by atoms with Crippen molar-refractivity contribution in [2.45, 2.75) is 76.0 Å². The Morgan fingerprint density at radius 2 is 0.286 bits per heavy atom. The molecule has 35 heavy (non-hydrogen) atoms. The third kappa shape index (κ3) is 1.69. The molecule has 0 radical (unpaired) electrons. The van der Waals surface area contributed by atoms with Gasteiger partial charge in [-0.3, -0.25) is 0 Å². The van der Waals surface area contributed by atoms with Crippen LogP contribution in [0, 0.1) is 0 Å². The molecule has 0 bridgehead atoms. The molecule has 206 valence electrons. The number of hydrogen-bond acceptors (Lipinski definition) is 0. The van der Waals surface area contributed by atoms with E-state index in [-0.39, 0.29) is 0 Å². The van der Waals surface area contributed by atoms with Crippen molar-refractivity contribution in [1.82, 2.24) is 0 Å². The molecule has 4 atom stereocenters. The first-order chi connectivity index (χ1) is 14.8. The molecule has 0 aliphatic heterocycles. The van der Waals surface area contributed by atoms with Crippen molar-refractivity contribution in [1.29, 1.82) is 0 Å². The monoisotopic (exact) mass is 574 g/mol. The average molecular weight is 574 g/mol. The minimum atomic E-state index is -9.23. The van der Waals surface area contributed by atoms with Crippen LogP contribution in [0.2, 0.25) is 0 Å². The topological polar surface area (TPSA) is 0 Å². The van der Waals surface area contributed by atoms with Crippen molar-refractivity contribution in [3.8, 4) is 0 Å². The Balaban J connectivity index is 2.79. The molecule has 3 fully saturated rings. The standard InChI is InChI=1S/C13F22/c14-1-2(15)4(17,9(26,27)13(34,35)11(30,31)7(2,22)23)5(18,19)3(1,16)8(24,25)12(32,33)10(28,29)6(1,20)21/t1-,2-,3-,4+/m0/s1. The predicted molar refractivity (Wildman–Crippen MR) is 59.9 cm³/mol. The first-order valence-electron chi connectivity index (χ1n) is 7.91. The van der Waals surface area contributed by atoms with E-state index in [0.29, 0.717) is 0 Å². The second-order valence-electron chi connectivity index (χ2n) is 7.80. The van der Waals surface area contributed by atoms with Crippen molar-refractivity contribution in [3.63, 3.8) is 0 Å². The molecule has 22 heteroatoms. The second-order valence-corrected chi connectivity index (χ2v) is 7.80. The van der Waals surface area contributed by atoms with Crippen LogP contribution >= 0.6 is 0 Å². The van der Waals surface area contributed by atoms with E-state index in [1.165, 1.54) is 0 Å². The number of halogens is 22. The summed E-state index contributed by atoms with van der Waals surface area (Å²) in [6, 6.07) is 0. The van der Waals surface area contributed by atoms with Crippen LogP contribution in [0.1, 0.15) is 0 Å². The normalized spacial score (nSPS) is 48.5. The summed E-state index contributed by atoms with van der Waals surface area (Å²) in [6.45, 7) is 0. The summed E-state index contributed by atoms with van der Waals surface area (Å²) in [5.41, 5.74) is -36.6. The molecular weight excluding hydrogens is 574 g/mol. The van der Waals surface area contributed by atoms with Crippen LogP contribution < -0.4 is 0 Å². The summed E-state index contributed by atoms with van der Waals surface area (Å²) in [5.74, 6) is -79.1. The van der Waals surface area contributed by atoms with Gasteiger partial charge in [0.2, 0.25) is 0 Å². The van der Waals surface area contributed by atoms with Crippen LogP contribution in [0.4, 0.5) is 96.6 Å². The fraction of sp³-hybridized carbons (Fsp3) is 1.00. The minimum absolute atomic E-state index is 8.55. The molecular formula is C13F22. The highest BCUT2D eigenvalue weighted by Crippen LogP contribution is 2.88. The van der Waals surface area contributed by atoms with E-state index in [4.69, 9.17) is 0 Å². The van der Waals surface area contributed by atoms with Gasteiger partial charge in [-0.2, -0.15) is 79.0 Å². The lowest BCUT2D eigenvalue weighted by Gasteiger charge is -2.58. The predicted octanol–water partition coefficient (Wildman–Crippen LogP) is 6.58. The second kappa shape index (κ2) is 5.50. The Labute approximate surface area is 174 Å². The molecule has 0 nitrogen and oxygen atoms in total. The molecule has 0 unspecified atom stereocenters. The summed E-state index contributed by atoms with van der Waals surface area (Å²) in [4.78, 5) is 0. The lowest BCUT2D eigenvalue weighted by atomic mass is 9.58. The van der Waals surface area contributed by atoms with Crippen molar-refractivity contribution in [2.75, 3.05) is 0 Å². The van der Waals surface area contributed by atoms with E-state index < -0.39 is 76.0 Å². The van der Waals surface area contributed by atoms with Gasteiger partial charge in [-0.25, -0.2) is 17.6 Å². The molecule has 0 spiro atoms. The largest absolute Gasteiger partial charge is 0.382 e. The Hall–Kier alpha value is -1.54. The third-order valence-electron chi connectivity index (χ3n) is 6.39. The zero-order valence-electron chi connectivity index (χ0n) is 14.8. The molecule has 0 heterocycles. The van der Waals surface area contributed by atoms with Crippen molar-refractivity contribution in [3.05, 3.63) is 0 Å². The SMILES string of the molecule is FC1(F)C(F)(F)C(F)(F)[C@@]2(F)[C@@](F)(C1(F)F)C(F)(F)[C@@]1(F)C(F)(F)C(F)(F)C(F)(F)C(F)(F)[C@@]12F. The van der Waals surface area contributed by atoms with Crippen LogP contribution in [0.15, 0.2) is 0 Å². The first-order valence-corrected chi connectivity index (χ1v) is 7.91. The van der Waals surface area contributed by atoms with Gasteiger partial charge in [0.1, 0.15) is 0 Å². The fourth-order valence-corrected chi connectivity index (χ4v) is 4.49. The highest BCUT2D eigenvalue weighted by Gasteiger charge is 3.22. The van der Waals surface area contributed by atoms with Crippen LogP contribution in [-0.4, -0.2) is 76.0 Å². The van der Waals surface area contributed by atoms with E-state index >= 15 is 8.78 Å². The lowest BCUT2D eigenvalue weighted by molar-refractivity contribution is -0.502. The maximum Gasteiger partial charge on any atom is 0.382 e. The Bertz CT molecular complexity index is 902. The van der Waals surface area contributed by atoms with Gasteiger partial charge in [0.05, 0.1) is 0 Å². The zero-order chi connectivity index (χ0) is 28.5. The van der Waals surface area contributed by atoms with Crippen LogP contribution in [0.5, 0.6) is 0 Å². The smallest absolute Gasteiger partial charge is 0.229 e. The highest BCUT2D eigenvalue weighted by atomic mass is 19.4. The molecule has 0 amide bonds. The minimum Gasteiger partial charge on any atom is -0.229 e. The number of hydrogen-bond donors (Lipinski definition) is 0. The Morgan fingerprint density at radius 1 is 0.143 bits per heavy atom. The maximum absolute atomic E-state index is 15.0. The number of rotatable bonds is 0. The van der Waals surface area contributed by atoms with Crippen molar-refractivity contribution < 1.29 is 96.6 Å². The molecule has 0 aromatic heterocycles. The summed E-state index contributed by atoms with van der Waals surface area (Å²) >= 11 is 0. The molecule has 3 aliphatic carbocycles. The van der Waals surface area contributed by atoms with Gasteiger partial charge in [-0.05, 0) is 0 Å². The highest BCUT2D eigenvalue weighted by molar-refractivity contribution is 5.54. The summed E-state index contributed by atoms with van der Waals surface area (Å²) in [6.07, 6.45) is 0. The third-order valence-corrected chi connectivity index (χ3v) is 6.39.